The van der Waals surface area contributed by atoms with E-state index in [1.165, 1.54) is 0 Å². The van der Waals surface area contributed by atoms with Gasteiger partial charge in [0.25, 0.3) is 5.35 Å². The van der Waals surface area contributed by atoms with Gasteiger partial charge in [0.1, 0.15) is 0 Å². The van der Waals surface area contributed by atoms with Crippen molar-refractivity contribution in [3.05, 3.63) is 17.3 Å². The van der Waals surface area contributed by atoms with E-state index in [1.54, 1.807) is 0 Å². The van der Waals surface area contributed by atoms with Crippen molar-refractivity contribution in [2.24, 2.45) is 0 Å². The van der Waals surface area contributed by atoms with Gasteiger partial charge in [0.15, 0.2) is 0 Å². The van der Waals surface area contributed by atoms with E-state index in [0.717, 1.165) is 6.20 Å². The van der Waals surface area contributed by atoms with Gasteiger partial charge in [-0.25, -0.2) is 9.78 Å². The molecule has 48 valence electrons. The first-order chi connectivity index (χ1) is 4.20. The van der Waals surface area contributed by atoms with Crippen LogP contribution >= 0.6 is 11.6 Å². The number of hydrogen-bond donors (Lipinski definition) is 1. The number of aromatic carboxylic acids is 1. The molecule has 9 heavy (non-hydrogen) atoms. The zero-order valence-electron chi connectivity index (χ0n) is 4.17. The van der Waals surface area contributed by atoms with Crippen LogP contribution in [0.4, 0.5) is 0 Å². The average molecular weight is 148 g/mol. The largest absolute Gasteiger partial charge is 0.475 e. The van der Waals surface area contributed by atoms with Gasteiger partial charge in [-0.3, -0.25) is 0 Å². The fourth-order valence-electron chi connectivity index (χ4n) is 0.352. The summed E-state index contributed by atoms with van der Waals surface area (Å²) in [7, 11) is 0. The van der Waals surface area contributed by atoms with Crippen molar-refractivity contribution in [3.63, 3.8) is 0 Å². The van der Waals surface area contributed by atoms with Crippen molar-refractivity contribution in [2.45, 2.75) is 0 Å². The SMILES string of the molecule is O=C(O)c1cnc(Cl)o1. The van der Waals surface area contributed by atoms with E-state index >= 15 is 0 Å². The van der Waals surface area contributed by atoms with E-state index in [0.29, 0.717) is 0 Å². The fourth-order valence-corrected chi connectivity index (χ4v) is 0.484. The number of aromatic nitrogens is 1. The average Bonchev–Trinajstić information content (AvgIpc) is 2.14. The Morgan fingerprint density at radius 3 is 2.78 bits per heavy atom. The smallest absolute Gasteiger partial charge is 0.373 e. The molecule has 1 heterocycles. The molecule has 1 N–H and O–H groups in total. The molecule has 5 heteroatoms. The molecular formula is C4H2ClNO3. The van der Waals surface area contributed by atoms with Crippen molar-refractivity contribution < 1.29 is 14.3 Å². The number of hydrogen-bond acceptors (Lipinski definition) is 3. The van der Waals surface area contributed by atoms with Crippen LogP contribution in [0.5, 0.6) is 0 Å². The summed E-state index contributed by atoms with van der Waals surface area (Å²) in [5, 5.41) is 8.05. The Hall–Kier alpha value is -1.03. The van der Waals surface area contributed by atoms with Gasteiger partial charge in [0, 0.05) is 0 Å². The van der Waals surface area contributed by atoms with Crippen molar-refractivity contribution in [2.75, 3.05) is 0 Å². The molecule has 0 amide bonds. The van der Waals surface area contributed by atoms with Gasteiger partial charge >= 0.3 is 5.97 Å². The van der Waals surface area contributed by atoms with Gasteiger partial charge in [0.2, 0.25) is 5.76 Å². The van der Waals surface area contributed by atoms with Crippen LogP contribution in [-0.4, -0.2) is 16.1 Å². The second-order valence-electron chi connectivity index (χ2n) is 1.28. The van der Waals surface area contributed by atoms with E-state index in [4.69, 9.17) is 16.7 Å². The monoisotopic (exact) mass is 147 g/mol. The number of rotatable bonds is 1. The van der Waals surface area contributed by atoms with Crippen LogP contribution in [0.1, 0.15) is 10.6 Å². The van der Waals surface area contributed by atoms with E-state index in [-0.39, 0.29) is 11.1 Å². The lowest BCUT2D eigenvalue weighted by molar-refractivity contribution is 0.0662. The number of carboxylic acid groups (broad SMARTS) is 1. The van der Waals surface area contributed by atoms with Gasteiger partial charge in [0.05, 0.1) is 6.20 Å². The highest BCUT2D eigenvalue weighted by molar-refractivity contribution is 6.27. The molecule has 0 bridgehead atoms. The number of oxazole rings is 1. The van der Waals surface area contributed by atoms with Crippen LogP contribution < -0.4 is 0 Å². The van der Waals surface area contributed by atoms with Gasteiger partial charge in [-0.2, -0.15) is 0 Å². The quantitative estimate of drug-likeness (QED) is 0.644. The Labute approximate surface area is 55.1 Å². The van der Waals surface area contributed by atoms with Crippen LogP contribution in [-0.2, 0) is 0 Å². The number of halogens is 1. The third-order valence-electron chi connectivity index (χ3n) is 0.688. The maximum absolute atomic E-state index is 10.0. The first-order valence-corrected chi connectivity index (χ1v) is 2.42. The first kappa shape index (κ1) is 6.10. The minimum atomic E-state index is -1.17. The number of nitrogens with zero attached hydrogens (tertiary/aromatic N) is 1. The molecule has 0 saturated carbocycles. The van der Waals surface area contributed by atoms with Gasteiger partial charge in [-0.1, -0.05) is 0 Å². The lowest BCUT2D eigenvalue weighted by Gasteiger charge is -1.78. The fraction of sp³-hybridized carbons (Fsp3) is 0. The summed E-state index contributed by atoms with van der Waals surface area (Å²) in [5.41, 5.74) is 0. The molecule has 4 nitrogen and oxygen atoms in total. The van der Waals surface area contributed by atoms with Crippen molar-refractivity contribution >= 4 is 17.6 Å². The van der Waals surface area contributed by atoms with E-state index in [9.17, 15) is 4.79 Å². The van der Waals surface area contributed by atoms with Crippen LogP contribution in [0.15, 0.2) is 10.6 Å². The summed E-state index contributed by atoms with van der Waals surface area (Å²) in [6, 6.07) is 0. The Morgan fingerprint density at radius 1 is 1.89 bits per heavy atom. The van der Waals surface area contributed by atoms with Crippen LogP contribution in [0.3, 0.4) is 0 Å². The molecule has 1 rings (SSSR count). The predicted molar refractivity (Wildman–Crippen MR) is 28.5 cm³/mol. The van der Waals surface area contributed by atoms with Gasteiger partial charge in [-0.05, 0) is 11.6 Å². The normalized spacial score (nSPS) is 9.44. The Balaban J connectivity index is 2.98. The Morgan fingerprint density at radius 2 is 2.56 bits per heavy atom. The molecule has 0 aliphatic heterocycles. The molecule has 0 fully saturated rings. The van der Waals surface area contributed by atoms with Gasteiger partial charge < -0.3 is 9.52 Å². The third kappa shape index (κ3) is 1.20. The zero-order chi connectivity index (χ0) is 6.85. The van der Waals surface area contributed by atoms with E-state index in [2.05, 4.69) is 9.40 Å². The summed E-state index contributed by atoms with van der Waals surface area (Å²) in [6.07, 6.45) is 1.05. The highest BCUT2D eigenvalue weighted by Crippen LogP contribution is 2.07. The lowest BCUT2D eigenvalue weighted by atomic mass is 10.5. The van der Waals surface area contributed by atoms with Crippen LogP contribution in [0.2, 0.25) is 5.35 Å². The second-order valence-corrected chi connectivity index (χ2v) is 1.61. The minimum absolute atomic E-state index is 0.160. The highest BCUT2D eigenvalue weighted by Gasteiger charge is 2.07. The molecule has 0 atom stereocenters. The summed E-state index contributed by atoms with van der Waals surface area (Å²) in [6.45, 7) is 0. The molecule has 0 spiro atoms. The molecule has 0 saturated heterocycles. The van der Waals surface area contributed by atoms with Gasteiger partial charge in [-0.15, -0.1) is 0 Å². The molecule has 1 aromatic rings. The summed E-state index contributed by atoms with van der Waals surface area (Å²) < 4.78 is 4.40. The summed E-state index contributed by atoms with van der Waals surface area (Å²) >= 11 is 5.16. The molecule has 0 aromatic carbocycles. The maximum Gasteiger partial charge on any atom is 0.373 e. The minimum Gasteiger partial charge on any atom is -0.475 e. The number of carboxylic acids is 1. The lowest BCUT2D eigenvalue weighted by Crippen LogP contribution is -1.91. The zero-order valence-corrected chi connectivity index (χ0v) is 4.92. The second kappa shape index (κ2) is 2.06. The van der Waals surface area contributed by atoms with Crippen molar-refractivity contribution in [1.29, 1.82) is 0 Å². The highest BCUT2D eigenvalue weighted by atomic mass is 35.5. The third-order valence-corrected chi connectivity index (χ3v) is 0.863. The maximum atomic E-state index is 10.0. The molecular weight excluding hydrogens is 146 g/mol. The van der Waals surface area contributed by atoms with E-state index < -0.39 is 5.97 Å². The standard InChI is InChI=1S/C4H2ClNO3/c5-4-6-1-2(9-4)3(7)8/h1H,(H,7,8). The number of carbonyl (C=O) groups is 1. The van der Waals surface area contributed by atoms with Crippen molar-refractivity contribution in [1.82, 2.24) is 4.98 Å². The Kier molecular flexibility index (Phi) is 1.40. The molecule has 0 radical (unpaired) electrons. The first-order valence-electron chi connectivity index (χ1n) is 2.05. The topological polar surface area (TPSA) is 63.3 Å². The van der Waals surface area contributed by atoms with E-state index in [1.807, 2.05) is 0 Å². The van der Waals surface area contributed by atoms with Crippen LogP contribution in [0.25, 0.3) is 0 Å². The molecule has 0 unspecified atom stereocenters. The van der Waals surface area contributed by atoms with Crippen LogP contribution in [0, 0.1) is 0 Å². The predicted octanol–water partition coefficient (Wildman–Crippen LogP) is 1.03. The molecule has 0 aliphatic carbocycles. The Bertz CT molecular complexity index is 231. The molecule has 1 aromatic heterocycles. The molecule has 0 aliphatic rings. The summed E-state index contributed by atoms with van der Waals surface area (Å²) in [4.78, 5) is 13.4. The summed E-state index contributed by atoms with van der Waals surface area (Å²) in [5.74, 6) is -1.42. The van der Waals surface area contributed by atoms with Crippen molar-refractivity contribution in [3.8, 4) is 0 Å².